The first kappa shape index (κ1) is 38.8. The van der Waals surface area contributed by atoms with Gasteiger partial charge >= 0.3 is 6.09 Å². The zero-order valence-electron chi connectivity index (χ0n) is 26.7. The Kier molecular flexibility index (Phi) is 18.6. The minimum Gasteiger partial charge on any atom is -0.444 e. The van der Waals surface area contributed by atoms with Crippen LogP contribution in [0.2, 0.25) is 0 Å². The number of carbonyl (C=O) groups is 2. The van der Waals surface area contributed by atoms with Crippen molar-refractivity contribution in [2.45, 2.75) is 104 Å². The minimum absolute atomic E-state index is 0.00349. The molecule has 0 aromatic carbocycles. The fourth-order valence-electron chi connectivity index (χ4n) is 5.03. The molecule has 1 amide bonds. The number of carbonyl (C=O) groups excluding carboxylic acids is 2. The highest BCUT2D eigenvalue weighted by molar-refractivity contribution is 7.93. The molecule has 12 heteroatoms. The van der Waals surface area contributed by atoms with Gasteiger partial charge in [-0.15, -0.1) is 0 Å². The van der Waals surface area contributed by atoms with Crippen molar-refractivity contribution in [3.8, 4) is 0 Å². The first-order valence-corrected chi connectivity index (χ1v) is 17.0. The van der Waals surface area contributed by atoms with Crippen LogP contribution >= 0.6 is 0 Å². The monoisotopic (exact) mass is 629 g/mol. The van der Waals surface area contributed by atoms with Crippen LogP contribution in [-0.4, -0.2) is 87.0 Å². The number of rotatable bonds is 17. The predicted octanol–water partition coefficient (Wildman–Crippen LogP) is 4.03. The Morgan fingerprint density at radius 1 is 1.14 bits per heavy atom. The summed E-state index contributed by atoms with van der Waals surface area (Å²) in [5.74, 6) is 0.210. The predicted molar refractivity (Wildman–Crippen MR) is 169 cm³/mol. The van der Waals surface area contributed by atoms with Crippen molar-refractivity contribution in [3.63, 3.8) is 0 Å². The highest BCUT2D eigenvalue weighted by Gasteiger charge is 2.34. The number of ketones is 1. The van der Waals surface area contributed by atoms with Crippen LogP contribution in [0.5, 0.6) is 0 Å². The molecule has 43 heavy (non-hydrogen) atoms. The summed E-state index contributed by atoms with van der Waals surface area (Å²) in [5, 5.41) is 14.2. The van der Waals surface area contributed by atoms with E-state index in [1.807, 2.05) is 34.6 Å². The van der Waals surface area contributed by atoms with E-state index in [0.29, 0.717) is 32.5 Å². The van der Waals surface area contributed by atoms with Gasteiger partial charge in [0.1, 0.15) is 12.7 Å². The van der Waals surface area contributed by atoms with Crippen LogP contribution in [-0.2, 0) is 29.0 Å². The van der Waals surface area contributed by atoms with Crippen molar-refractivity contribution in [2.24, 2.45) is 17.6 Å². The molecule has 11 nitrogen and oxygen atoms in total. The number of alkyl carbamates (subject to hydrolysis) is 1. The summed E-state index contributed by atoms with van der Waals surface area (Å²) in [7, 11) is -4.01. The Hall–Kier alpha value is -2.25. The molecule has 2 rings (SSSR count). The molecule has 0 aromatic rings. The molecule has 3 atom stereocenters. The number of allylic oxidation sites excluding steroid dienone is 3. The minimum atomic E-state index is -4.01. The number of nitrogens with zero attached hydrogens (tertiary/aromatic N) is 1. The van der Waals surface area contributed by atoms with E-state index in [4.69, 9.17) is 19.9 Å². The SMILES string of the molecule is C=C/C(=C\C=C\N)S(=O)(=O)N(CC(C)C)CC(O)C(CC1CCC(OCC(=O)CC)CC1)NC(=O)O[C@H]1CCOC1.CC. The Morgan fingerprint density at radius 2 is 1.81 bits per heavy atom. The van der Waals surface area contributed by atoms with Crippen molar-refractivity contribution < 1.29 is 37.3 Å². The first-order chi connectivity index (χ1) is 20.5. The molecule has 2 aliphatic rings. The maximum Gasteiger partial charge on any atom is 0.407 e. The first-order valence-electron chi connectivity index (χ1n) is 15.6. The van der Waals surface area contributed by atoms with Crippen molar-refractivity contribution >= 4 is 21.9 Å². The summed E-state index contributed by atoms with van der Waals surface area (Å²) in [6.45, 7) is 14.1. The van der Waals surface area contributed by atoms with Gasteiger partial charge in [-0.25, -0.2) is 13.2 Å². The van der Waals surface area contributed by atoms with Crippen molar-refractivity contribution in [2.75, 3.05) is 32.9 Å². The lowest BCUT2D eigenvalue weighted by atomic mass is 9.82. The lowest BCUT2D eigenvalue weighted by Crippen LogP contribution is -2.51. The standard InChI is InChI=1S/C29H49N3O8S.C2H6/c1-5-23(33)19-39-24-11-9-22(10-12-24)16-27(31-29(35)40-25-13-15-38-20-25)28(34)18-32(17-21(3)4)41(36,37)26(6-2)8-7-14-30;1-2/h6-8,14,21-22,24-25,27-28,34H,2,5,9-13,15-20,30H2,1,3-4H3,(H,31,35);1-2H3/b14-7+,26-8+;/t22?,24?,25-,27?,28?;/m0./s1. The number of sulfonamides is 1. The summed E-state index contributed by atoms with van der Waals surface area (Å²) in [4.78, 5) is 24.4. The van der Waals surface area contributed by atoms with Crippen LogP contribution in [0.25, 0.3) is 0 Å². The van der Waals surface area contributed by atoms with E-state index in [2.05, 4.69) is 11.9 Å². The van der Waals surface area contributed by atoms with Gasteiger partial charge in [-0.3, -0.25) is 4.79 Å². The van der Waals surface area contributed by atoms with Gasteiger partial charge in [0.05, 0.1) is 36.4 Å². The van der Waals surface area contributed by atoms with Gasteiger partial charge in [0.15, 0.2) is 5.78 Å². The lowest BCUT2D eigenvalue weighted by molar-refractivity contribution is -0.126. The molecular formula is C31H55N3O8S. The van der Waals surface area contributed by atoms with Gasteiger partial charge in [-0.1, -0.05) is 41.2 Å². The van der Waals surface area contributed by atoms with E-state index < -0.39 is 28.3 Å². The molecule has 1 aliphatic heterocycles. The molecule has 0 spiro atoms. The van der Waals surface area contributed by atoms with Crippen LogP contribution in [0.4, 0.5) is 4.79 Å². The van der Waals surface area contributed by atoms with Crippen molar-refractivity contribution in [1.29, 1.82) is 0 Å². The quantitative estimate of drug-likeness (QED) is 0.202. The molecule has 0 bridgehead atoms. The zero-order valence-corrected chi connectivity index (χ0v) is 27.5. The van der Waals surface area contributed by atoms with Crippen molar-refractivity contribution in [3.05, 3.63) is 35.9 Å². The number of Topliss-reactive ketones (excluding diaryl/α,β-unsaturated/α-hetero) is 1. The van der Waals surface area contributed by atoms with Crippen molar-refractivity contribution in [1.82, 2.24) is 9.62 Å². The summed E-state index contributed by atoms with van der Waals surface area (Å²) in [6.07, 6.45) is 7.60. The Labute approximate surface area is 258 Å². The fourth-order valence-corrected chi connectivity index (χ4v) is 6.64. The number of amides is 1. The summed E-state index contributed by atoms with van der Waals surface area (Å²) in [5.41, 5.74) is 5.40. The second-order valence-electron chi connectivity index (χ2n) is 11.2. The highest BCUT2D eigenvalue weighted by Crippen LogP contribution is 2.30. The molecule has 4 N–H and O–H groups in total. The zero-order chi connectivity index (χ0) is 32.4. The average molecular weight is 630 g/mol. The third kappa shape index (κ3) is 13.9. The van der Waals surface area contributed by atoms with Crippen LogP contribution in [0.1, 0.15) is 79.6 Å². The third-order valence-electron chi connectivity index (χ3n) is 7.35. The van der Waals surface area contributed by atoms with Crippen LogP contribution in [0.15, 0.2) is 35.9 Å². The normalized spacial score (nSPS) is 22.6. The second kappa shape index (κ2) is 20.7. The number of aliphatic hydroxyl groups is 1. The van der Waals surface area contributed by atoms with Crippen LogP contribution < -0.4 is 11.1 Å². The molecule has 1 saturated carbocycles. The largest absolute Gasteiger partial charge is 0.444 e. The summed E-state index contributed by atoms with van der Waals surface area (Å²) >= 11 is 0. The van der Waals surface area contributed by atoms with E-state index in [-0.39, 0.29) is 54.4 Å². The molecular weight excluding hydrogens is 574 g/mol. The lowest BCUT2D eigenvalue weighted by Gasteiger charge is -2.34. The van der Waals surface area contributed by atoms with Crippen LogP contribution in [0, 0.1) is 11.8 Å². The molecule has 1 saturated heterocycles. The molecule has 2 unspecified atom stereocenters. The summed E-state index contributed by atoms with van der Waals surface area (Å²) in [6, 6.07) is -0.751. The Morgan fingerprint density at radius 3 is 2.35 bits per heavy atom. The highest BCUT2D eigenvalue weighted by atomic mass is 32.2. The number of hydrogen-bond acceptors (Lipinski definition) is 9. The van der Waals surface area contributed by atoms with Gasteiger partial charge in [-0.05, 0) is 68.4 Å². The maximum absolute atomic E-state index is 13.5. The number of nitrogens with one attached hydrogen (secondary N) is 1. The third-order valence-corrected chi connectivity index (χ3v) is 9.23. The molecule has 1 aliphatic carbocycles. The maximum atomic E-state index is 13.5. The van der Waals surface area contributed by atoms with Gasteiger partial charge in [0, 0.05) is 25.9 Å². The Bertz CT molecular complexity index is 1000. The number of aliphatic hydroxyl groups excluding tert-OH is 1. The average Bonchev–Trinajstić information content (AvgIpc) is 3.49. The molecule has 1 heterocycles. The summed E-state index contributed by atoms with van der Waals surface area (Å²) < 4.78 is 44.8. The molecule has 0 aromatic heterocycles. The molecule has 0 radical (unpaired) electrons. The van der Waals surface area contributed by atoms with E-state index in [1.54, 1.807) is 0 Å². The second-order valence-corrected chi connectivity index (χ2v) is 13.1. The van der Waals surface area contributed by atoms with Gasteiger partial charge in [0.25, 0.3) is 0 Å². The van der Waals surface area contributed by atoms with E-state index >= 15 is 0 Å². The molecule has 2 fully saturated rings. The van der Waals surface area contributed by atoms with Gasteiger partial charge in [0.2, 0.25) is 10.0 Å². The van der Waals surface area contributed by atoms with Gasteiger partial charge in [-0.2, -0.15) is 4.31 Å². The van der Waals surface area contributed by atoms with E-state index in [1.165, 1.54) is 28.7 Å². The molecule has 248 valence electrons. The van der Waals surface area contributed by atoms with E-state index in [0.717, 1.165) is 25.7 Å². The number of ether oxygens (including phenoxy) is 3. The van der Waals surface area contributed by atoms with Gasteiger partial charge < -0.3 is 30.4 Å². The van der Waals surface area contributed by atoms with E-state index in [9.17, 15) is 23.1 Å². The topological polar surface area (TPSA) is 157 Å². The fraction of sp³-hybridized carbons (Fsp3) is 0.742. The number of nitrogens with two attached hydrogens (primary N) is 1. The van der Waals surface area contributed by atoms with Crippen LogP contribution in [0.3, 0.4) is 0 Å². The Balaban J connectivity index is 0.00000452. The number of hydrogen-bond donors (Lipinski definition) is 3. The smallest absolute Gasteiger partial charge is 0.407 e.